The molecule has 0 radical (unpaired) electrons. The van der Waals surface area contributed by atoms with Gasteiger partial charge in [-0.05, 0) is 57.8 Å². The molecule has 0 spiro atoms. The van der Waals surface area contributed by atoms with Gasteiger partial charge in [0.25, 0.3) is 0 Å². The van der Waals surface area contributed by atoms with Crippen LogP contribution in [-0.4, -0.2) is 106 Å². The van der Waals surface area contributed by atoms with Crippen molar-refractivity contribution in [1.82, 2.24) is 0 Å². The van der Waals surface area contributed by atoms with Crippen LogP contribution in [0.4, 0.5) is 0 Å². The molecule has 0 aromatic rings. The van der Waals surface area contributed by atoms with Gasteiger partial charge in [-0.15, -0.1) is 6.58 Å². The Labute approximate surface area is 253 Å². The monoisotopic (exact) mass is 590 g/mol. The molecule has 0 saturated carbocycles. The van der Waals surface area contributed by atoms with Crippen molar-refractivity contribution in [2.75, 3.05) is 56.9 Å². The third-order valence-electron chi connectivity index (χ3n) is 8.41. The van der Waals surface area contributed by atoms with Crippen molar-refractivity contribution in [2.24, 2.45) is 0 Å². The average molecular weight is 591 g/mol. The van der Waals surface area contributed by atoms with Gasteiger partial charge in [0.1, 0.15) is 0 Å². The van der Waals surface area contributed by atoms with Crippen LogP contribution in [-0.2, 0) is 37.9 Å². The number of ether oxygens (including phenoxy) is 8. The summed E-state index contributed by atoms with van der Waals surface area (Å²) < 4.78 is 46.3. The minimum atomic E-state index is -0.00633. The molecule has 0 bridgehead atoms. The molecule has 0 heterocycles. The molecule has 0 fully saturated rings. The number of methoxy groups -OCH3 is 8. The molecule has 8 atom stereocenters. The van der Waals surface area contributed by atoms with Gasteiger partial charge in [-0.25, -0.2) is 0 Å². The van der Waals surface area contributed by atoms with Crippen LogP contribution in [0.1, 0.15) is 96.8 Å². The van der Waals surface area contributed by atoms with Crippen LogP contribution in [0.2, 0.25) is 0 Å². The smallest absolute Gasteiger partial charge is 0.0630 e. The minimum Gasteiger partial charge on any atom is -0.381 e. The van der Waals surface area contributed by atoms with E-state index >= 15 is 0 Å². The van der Waals surface area contributed by atoms with Crippen LogP contribution >= 0.6 is 0 Å². The first kappa shape index (κ1) is 40.4. The summed E-state index contributed by atoms with van der Waals surface area (Å²) in [7, 11) is 14.2. The van der Waals surface area contributed by atoms with Crippen LogP contribution in [0.25, 0.3) is 0 Å². The van der Waals surface area contributed by atoms with Gasteiger partial charge in [0.15, 0.2) is 0 Å². The summed E-state index contributed by atoms with van der Waals surface area (Å²) in [6, 6.07) is 0. The maximum absolute atomic E-state index is 5.90. The van der Waals surface area contributed by atoms with Crippen molar-refractivity contribution in [3.8, 4) is 0 Å². The molecular weight excluding hydrogens is 524 g/mol. The lowest BCUT2D eigenvalue weighted by Gasteiger charge is -2.30. The Morgan fingerprint density at radius 2 is 0.732 bits per heavy atom. The largest absolute Gasteiger partial charge is 0.381 e. The van der Waals surface area contributed by atoms with E-state index in [-0.39, 0.29) is 42.7 Å². The van der Waals surface area contributed by atoms with E-state index < -0.39 is 0 Å². The SMILES string of the molecule is C=CC[C@@H](C[C@@H](C[C@@H](C[C@@H](C[C@@H](C[C@@H](C[C@@H](CCCCC[C@@H](CCC)OC)OC)OC)OC)OC)OC)OC)OC. The maximum Gasteiger partial charge on any atom is 0.0630 e. The Kier molecular flexibility index (Phi) is 26.6. The van der Waals surface area contributed by atoms with Crippen LogP contribution in [0.15, 0.2) is 12.7 Å². The summed E-state index contributed by atoms with van der Waals surface area (Å²) in [5.74, 6) is 0. The van der Waals surface area contributed by atoms with Gasteiger partial charge >= 0.3 is 0 Å². The van der Waals surface area contributed by atoms with E-state index in [0.29, 0.717) is 6.10 Å². The third-order valence-corrected chi connectivity index (χ3v) is 8.41. The molecule has 0 aromatic heterocycles. The minimum absolute atomic E-state index is 0.000813. The highest BCUT2D eigenvalue weighted by molar-refractivity contribution is 4.80. The van der Waals surface area contributed by atoms with Crippen molar-refractivity contribution in [2.45, 2.75) is 146 Å². The first-order valence-electron chi connectivity index (χ1n) is 15.7. The van der Waals surface area contributed by atoms with Crippen LogP contribution in [0.5, 0.6) is 0 Å². The molecule has 8 heteroatoms. The van der Waals surface area contributed by atoms with Gasteiger partial charge in [0, 0.05) is 63.3 Å². The Bertz CT molecular complexity index is 577. The molecule has 0 N–H and O–H groups in total. The van der Waals surface area contributed by atoms with Crippen LogP contribution in [0.3, 0.4) is 0 Å². The fourth-order valence-electron chi connectivity index (χ4n) is 5.63. The highest BCUT2D eigenvalue weighted by Gasteiger charge is 2.27. The summed E-state index contributed by atoms with van der Waals surface area (Å²) >= 11 is 0. The standard InChI is InChI=1S/C33H66O8/c1-11-16-26(34-3)18-14-13-15-19-28(36-5)21-30(38-7)23-32(40-9)25-33(41-10)24-31(39-8)22-29(37-6)20-27(35-4)17-12-2/h12,26-33H,2,11,13-25H2,1,3-10H3/t26-,27+,28-,29+,30-,31+,32-,33+/m1/s1. The molecule has 0 aromatic carbocycles. The van der Waals surface area contributed by atoms with Gasteiger partial charge in [0.2, 0.25) is 0 Å². The molecule has 41 heavy (non-hydrogen) atoms. The molecule has 8 nitrogen and oxygen atoms in total. The van der Waals surface area contributed by atoms with Crippen molar-refractivity contribution in [3.63, 3.8) is 0 Å². The second-order valence-corrected chi connectivity index (χ2v) is 11.2. The van der Waals surface area contributed by atoms with Crippen molar-refractivity contribution in [1.29, 1.82) is 0 Å². The van der Waals surface area contributed by atoms with Crippen LogP contribution < -0.4 is 0 Å². The lowest BCUT2D eigenvalue weighted by Crippen LogP contribution is -2.33. The summed E-state index contributed by atoms with van der Waals surface area (Å²) in [6.07, 6.45) is 16.1. The summed E-state index contributed by atoms with van der Waals surface area (Å²) in [4.78, 5) is 0. The molecule has 0 aliphatic rings. The first-order valence-corrected chi connectivity index (χ1v) is 15.7. The second-order valence-electron chi connectivity index (χ2n) is 11.2. The lowest BCUT2D eigenvalue weighted by molar-refractivity contribution is -0.0533. The van der Waals surface area contributed by atoms with E-state index in [1.165, 1.54) is 19.3 Å². The van der Waals surface area contributed by atoms with Crippen molar-refractivity contribution >= 4 is 0 Å². The molecule has 0 unspecified atom stereocenters. The van der Waals surface area contributed by atoms with Crippen molar-refractivity contribution in [3.05, 3.63) is 12.7 Å². The zero-order valence-corrected chi connectivity index (χ0v) is 28.1. The topological polar surface area (TPSA) is 73.8 Å². The zero-order valence-electron chi connectivity index (χ0n) is 28.1. The van der Waals surface area contributed by atoms with Gasteiger partial charge in [-0.2, -0.15) is 0 Å². The molecular formula is C33H66O8. The summed E-state index contributed by atoms with van der Waals surface area (Å²) in [6.45, 7) is 6.04. The Morgan fingerprint density at radius 3 is 1.05 bits per heavy atom. The lowest BCUT2D eigenvalue weighted by atomic mass is 9.95. The fourth-order valence-corrected chi connectivity index (χ4v) is 5.63. The summed E-state index contributed by atoms with van der Waals surface area (Å²) in [5, 5.41) is 0. The normalized spacial score (nSPS) is 17.9. The number of hydrogen-bond donors (Lipinski definition) is 0. The maximum atomic E-state index is 5.90. The van der Waals surface area contributed by atoms with Gasteiger partial charge < -0.3 is 37.9 Å². The molecule has 0 aliphatic heterocycles. The molecule has 0 rings (SSSR count). The van der Waals surface area contributed by atoms with Gasteiger partial charge in [-0.3, -0.25) is 0 Å². The Hall–Kier alpha value is -0.580. The highest BCUT2D eigenvalue weighted by Crippen LogP contribution is 2.24. The van der Waals surface area contributed by atoms with Crippen LogP contribution in [0, 0.1) is 0 Å². The van der Waals surface area contributed by atoms with Gasteiger partial charge in [0.05, 0.1) is 48.8 Å². The quantitative estimate of drug-likeness (QED) is 0.0670. The van der Waals surface area contributed by atoms with E-state index in [1.54, 1.807) is 49.8 Å². The van der Waals surface area contributed by atoms with E-state index in [0.717, 1.165) is 70.6 Å². The number of unbranched alkanes of at least 4 members (excludes halogenated alkanes) is 2. The molecule has 0 amide bonds. The first-order chi connectivity index (χ1) is 19.9. The van der Waals surface area contributed by atoms with E-state index in [1.807, 2.05) is 13.2 Å². The highest BCUT2D eigenvalue weighted by atomic mass is 16.5. The Balaban J connectivity index is 4.83. The van der Waals surface area contributed by atoms with Gasteiger partial charge in [-0.1, -0.05) is 38.7 Å². The number of rotatable bonds is 30. The summed E-state index contributed by atoms with van der Waals surface area (Å²) in [5.41, 5.74) is 0. The molecule has 246 valence electrons. The van der Waals surface area contributed by atoms with E-state index in [2.05, 4.69) is 13.5 Å². The molecule has 0 aliphatic carbocycles. The average Bonchev–Trinajstić information content (AvgIpc) is 3.00. The zero-order chi connectivity index (χ0) is 30.9. The van der Waals surface area contributed by atoms with E-state index in [9.17, 15) is 0 Å². The number of hydrogen-bond acceptors (Lipinski definition) is 8. The van der Waals surface area contributed by atoms with E-state index in [4.69, 9.17) is 37.9 Å². The fraction of sp³-hybridized carbons (Fsp3) is 0.939. The Morgan fingerprint density at radius 1 is 0.415 bits per heavy atom. The predicted octanol–water partition coefficient (Wildman–Crippen LogP) is 6.77. The predicted molar refractivity (Wildman–Crippen MR) is 167 cm³/mol. The third kappa shape index (κ3) is 19.3. The van der Waals surface area contributed by atoms with Crippen molar-refractivity contribution < 1.29 is 37.9 Å². The second kappa shape index (κ2) is 27.0. The molecule has 0 saturated heterocycles.